The van der Waals surface area contributed by atoms with Gasteiger partial charge in [-0.05, 0) is 6.92 Å². The van der Waals surface area contributed by atoms with Gasteiger partial charge < -0.3 is 15.4 Å². The van der Waals surface area contributed by atoms with Crippen molar-refractivity contribution in [2.45, 2.75) is 6.92 Å². The predicted octanol–water partition coefficient (Wildman–Crippen LogP) is -1.42. The van der Waals surface area contributed by atoms with Gasteiger partial charge in [-0.3, -0.25) is 0 Å². The van der Waals surface area contributed by atoms with Gasteiger partial charge in [0.25, 0.3) is 0 Å². The Morgan fingerprint density at radius 3 is 1.67 bits per heavy atom. The third kappa shape index (κ3) is 107. The Hall–Kier alpha value is 0.807. The molecule has 0 unspecified atom stereocenters. The molecule has 0 saturated heterocycles. The van der Waals surface area contributed by atoms with Crippen LogP contribution in [0, 0.1) is 41.7 Å². The van der Waals surface area contributed by atoms with E-state index in [1.165, 1.54) is 0 Å². The van der Waals surface area contributed by atoms with Crippen LogP contribution in [-0.2, 0) is 4.79 Å². The minimum atomic E-state index is -1.08. The molecule has 0 heterocycles. The van der Waals surface area contributed by atoms with Crippen molar-refractivity contribution in [1.82, 2.24) is 0 Å². The second-order valence-corrected chi connectivity index (χ2v) is 0.492. The second-order valence-electron chi connectivity index (χ2n) is 0.492. The van der Waals surface area contributed by atoms with Crippen LogP contribution >= 0.6 is 0 Å². The fourth-order valence-electron chi connectivity index (χ4n) is 0. The summed E-state index contributed by atoms with van der Waals surface area (Å²) in [5.74, 6) is -1.08. The van der Waals surface area contributed by atoms with Gasteiger partial charge in [0.15, 0.2) is 0 Å². The number of aliphatic carboxylic acids is 1. The van der Waals surface area contributed by atoms with Crippen molar-refractivity contribution in [2.75, 3.05) is 0 Å². The summed E-state index contributed by atoms with van der Waals surface area (Å²) in [4.78, 5) is 8.89. The third-order valence-corrected chi connectivity index (χ3v) is 0. The zero-order chi connectivity index (χ0) is 3.58. The Morgan fingerprint density at radius 2 is 1.67 bits per heavy atom. The molecule has 0 rings (SSSR count). The predicted molar refractivity (Wildman–Crippen MR) is 12.6 cm³/mol. The fourth-order valence-corrected chi connectivity index (χ4v) is 0. The van der Waals surface area contributed by atoms with Gasteiger partial charge >= 0.3 is 0 Å². The number of hydrogen-bond donors (Lipinski definition) is 0. The molecule has 0 amide bonds. The molecule has 0 bridgehead atoms. The topological polar surface area (TPSA) is 70.1 Å². The molecule has 3 nitrogen and oxygen atoms in total. The monoisotopic (exact) mass is 216 g/mol. The first-order chi connectivity index (χ1) is 1.73. The summed E-state index contributed by atoms with van der Waals surface area (Å²) in [5.41, 5.74) is 0. The quantitative estimate of drug-likeness (QED) is 0.499. The van der Waals surface area contributed by atoms with E-state index in [1.807, 2.05) is 0 Å². The van der Waals surface area contributed by atoms with Gasteiger partial charge in [-0.2, -0.15) is 0 Å². The molecule has 0 aliphatic rings. The van der Waals surface area contributed by atoms with Gasteiger partial charge in [-0.1, -0.05) is 0 Å². The van der Waals surface area contributed by atoms with Gasteiger partial charge in [0.1, 0.15) is 0 Å². The molecule has 1 N–H and O–H groups in total. The molecule has 4 heteroatoms. The summed E-state index contributed by atoms with van der Waals surface area (Å²) in [5, 5.41) is 8.89. The van der Waals surface area contributed by atoms with Crippen LogP contribution in [0.4, 0.5) is 0 Å². The average molecular weight is 216 g/mol. The van der Waals surface area contributed by atoms with Crippen LogP contribution in [-0.4, -0.2) is 11.4 Å². The fraction of sp³-hybridized carbons (Fsp3) is 0.500. The van der Waals surface area contributed by atoms with Crippen LogP contribution in [0.15, 0.2) is 0 Å². The molecular weight excluding hydrogens is 212 g/mol. The molecule has 6 heavy (non-hydrogen) atoms. The Balaban J connectivity index is -0.0000000450. The average Bonchev–Trinajstić information content (AvgIpc) is 0.811. The van der Waals surface area contributed by atoms with E-state index in [4.69, 9.17) is 9.90 Å². The number of carboxylic acid groups (broad SMARTS) is 1. The molecular formula is C2H4CeO3-2. The van der Waals surface area contributed by atoms with E-state index in [9.17, 15) is 0 Å². The minimum Gasteiger partial charge on any atom is -0.870 e. The maximum absolute atomic E-state index is 8.89. The molecule has 0 aromatic carbocycles. The molecule has 0 saturated carbocycles. The smallest absolute Gasteiger partial charge is 0.0383 e. The van der Waals surface area contributed by atoms with E-state index in [1.54, 1.807) is 0 Å². The van der Waals surface area contributed by atoms with E-state index in [-0.39, 0.29) is 47.2 Å². The van der Waals surface area contributed by atoms with Crippen molar-refractivity contribution in [3.8, 4) is 0 Å². The van der Waals surface area contributed by atoms with Crippen LogP contribution in [0.5, 0.6) is 0 Å². The molecule has 0 aromatic rings. The van der Waals surface area contributed by atoms with E-state index < -0.39 is 5.97 Å². The Labute approximate surface area is 69.4 Å². The summed E-state index contributed by atoms with van der Waals surface area (Å²) in [6, 6.07) is 0. The van der Waals surface area contributed by atoms with E-state index in [2.05, 4.69) is 0 Å². The zero-order valence-corrected chi connectivity index (χ0v) is 6.40. The maximum Gasteiger partial charge on any atom is 0.0383 e. The molecule has 0 fully saturated rings. The molecule has 0 aromatic heterocycles. The molecule has 0 spiro atoms. The zero-order valence-electron chi connectivity index (χ0n) is 3.26. The van der Waals surface area contributed by atoms with Gasteiger partial charge in [-0.25, -0.2) is 0 Å². The molecule has 0 radical (unpaired) electrons. The number of rotatable bonds is 0. The summed E-state index contributed by atoms with van der Waals surface area (Å²) in [6.45, 7) is 0.972. The van der Waals surface area contributed by atoms with Crippen LogP contribution < -0.4 is 5.11 Å². The van der Waals surface area contributed by atoms with E-state index in [0.29, 0.717) is 0 Å². The van der Waals surface area contributed by atoms with Gasteiger partial charge in [0, 0.05) is 47.7 Å². The summed E-state index contributed by atoms with van der Waals surface area (Å²) in [7, 11) is 0. The SMILES string of the molecule is CC(=O)[O-].[Ce].[OH-]. The van der Waals surface area contributed by atoms with E-state index in [0.717, 1.165) is 6.92 Å². The Kier molecular flexibility index (Phi) is 24.4. The van der Waals surface area contributed by atoms with Crippen molar-refractivity contribution in [1.29, 1.82) is 0 Å². The van der Waals surface area contributed by atoms with Crippen molar-refractivity contribution < 1.29 is 57.1 Å². The van der Waals surface area contributed by atoms with E-state index >= 15 is 0 Å². The van der Waals surface area contributed by atoms with Gasteiger partial charge in [-0.15, -0.1) is 0 Å². The van der Waals surface area contributed by atoms with Gasteiger partial charge in [0.05, 0.1) is 0 Å². The normalized spacial score (nSPS) is 4.17. The maximum atomic E-state index is 8.89. The van der Waals surface area contributed by atoms with Crippen LogP contribution in [0.1, 0.15) is 6.92 Å². The summed E-state index contributed by atoms with van der Waals surface area (Å²) >= 11 is 0. The first kappa shape index (κ1) is 15.8. The molecule has 36 valence electrons. The number of carbonyl (C=O) groups excluding carboxylic acids is 1. The van der Waals surface area contributed by atoms with Crippen molar-refractivity contribution in [3.05, 3.63) is 0 Å². The summed E-state index contributed by atoms with van der Waals surface area (Å²) in [6.07, 6.45) is 0. The first-order valence-corrected chi connectivity index (χ1v) is 0.908. The van der Waals surface area contributed by atoms with Gasteiger partial charge in [0.2, 0.25) is 0 Å². The number of carbonyl (C=O) groups is 1. The van der Waals surface area contributed by atoms with Crippen LogP contribution in [0.2, 0.25) is 0 Å². The Morgan fingerprint density at radius 1 is 1.67 bits per heavy atom. The van der Waals surface area contributed by atoms with Crippen molar-refractivity contribution in [2.24, 2.45) is 0 Å². The molecule has 0 atom stereocenters. The standard InChI is InChI=1S/C2H4O2.Ce.H2O/c1-2(3)4;;/h1H3,(H,3,4);;1H2/p-2. The largest absolute Gasteiger partial charge is 0.870 e. The third-order valence-electron chi connectivity index (χ3n) is 0. The Bertz CT molecular complexity index is 31.8. The van der Waals surface area contributed by atoms with Crippen molar-refractivity contribution >= 4 is 5.97 Å². The number of carboxylic acids is 1. The van der Waals surface area contributed by atoms with Crippen LogP contribution in [0.3, 0.4) is 0 Å². The van der Waals surface area contributed by atoms with Crippen LogP contribution in [0.25, 0.3) is 0 Å². The summed E-state index contributed by atoms with van der Waals surface area (Å²) < 4.78 is 0. The minimum absolute atomic E-state index is 0. The van der Waals surface area contributed by atoms with Crippen molar-refractivity contribution in [3.63, 3.8) is 0 Å². The molecule has 0 aliphatic carbocycles. The first-order valence-electron chi connectivity index (χ1n) is 0.908. The second kappa shape index (κ2) is 9.26. The number of hydrogen-bond acceptors (Lipinski definition) is 3. The molecule has 0 aliphatic heterocycles.